The third kappa shape index (κ3) is 8.65. The highest BCUT2D eigenvalue weighted by molar-refractivity contribution is 7.87. The molecule has 0 spiro atoms. The number of nitrogens with zero attached hydrogens (tertiary/aromatic N) is 1. The molecule has 0 heterocycles. The summed E-state index contributed by atoms with van der Waals surface area (Å²) in [7, 11) is -3.87. The Bertz CT molecular complexity index is 1180. The summed E-state index contributed by atoms with van der Waals surface area (Å²) in [6.07, 6.45) is 4.44. The molecule has 2 aromatic rings. The molecule has 0 radical (unpaired) electrons. The van der Waals surface area contributed by atoms with Crippen LogP contribution in [0.4, 0.5) is 10.1 Å². The highest BCUT2D eigenvalue weighted by atomic mass is 35.5. The zero-order valence-corrected chi connectivity index (χ0v) is 22.6. The van der Waals surface area contributed by atoms with Crippen molar-refractivity contribution in [3.63, 3.8) is 0 Å². The van der Waals surface area contributed by atoms with E-state index < -0.39 is 33.9 Å². The van der Waals surface area contributed by atoms with Gasteiger partial charge in [0.05, 0.1) is 0 Å². The van der Waals surface area contributed by atoms with Gasteiger partial charge in [0.1, 0.15) is 11.9 Å². The van der Waals surface area contributed by atoms with Crippen molar-refractivity contribution in [2.75, 3.05) is 23.9 Å². The Labute approximate surface area is 227 Å². The predicted octanol–water partition coefficient (Wildman–Crippen LogP) is 4.06. The van der Waals surface area contributed by atoms with E-state index in [1.54, 1.807) is 24.3 Å². The van der Waals surface area contributed by atoms with Crippen molar-refractivity contribution in [2.24, 2.45) is 0 Å². The summed E-state index contributed by atoms with van der Waals surface area (Å²) >= 11 is 12.0. The lowest BCUT2D eigenvalue weighted by atomic mass is 9.94. The van der Waals surface area contributed by atoms with Crippen molar-refractivity contribution in [1.82, 2.24) is 14.8 Å². The van der Waals surface area contributed by atoms with E-state index in [0.717, 1.165) is 38.2 Å². The number of amides is 2. The first-order valence-electron chi connectivity index (χ1n) is 12.1. The number of carbonyl (C=O) groups is 2. The van der Waals surface area contributed by atoms with Crippen LogP contribution in [0.15, 0.2) is 48.5 Å². The maximum absolute atomic E-state index is 14.3. The smallest absolute Gasteiger partial charge is 0.276 e. The summed E-state index contributed by atoms with van der Waals surface area (Å²) in [5, 5.41) is 3.32. The normalized spacial score (nSPS) is 15.2. The fourth-order valence-corrected chi connectivity index (χ4v) is 5.61. The SMILES string of the molecule is O=C(NC1CCCCC1)C(c1ccccc1Cl)N(C(=O)CCNS(=O)(=O)NCCCl)c1cccc(F)c1. The Kier molecular flexibility index (Phi) is 11.1. The minimum atomic E-state index is -3.87. The number of hydrogen-bond donors (Lipinski definition) is 3. The summed E-state index contributed by atoms with van der Waals surface area (Å²) in [5.74, 6) is -1.54. The van der Waals surface area contributed by atoms with Gasteiger partial charge in [0.2, 0.25) is 11.8 Å². The predicted molar refractivity (Wildman–Crippen MR) is 143 cm³/mol. The molecular formula is C25H31Cl2FN4O4S. The van der Waals surface area contributed by atoms with Crippen LogP contribution in [-0.4, -0.2) is 45.2 Å². The average Bonchev–Trinajstić information content (AvgIpc) is 2.87. The molecule has 0 aromatic heterocycles. The second kappa shape index (κ2) is 14.1. The Morgan fingerprint density at radius 1 is 1.03 bits per heavy atom. The number of anilines is 1. The molecular weight excluding hydrogens is 542 g/mol. The molecule has 1 saturated carbocycles. The number of carbonyl (C=O) groups excluding carboxylic acids is 2. The van der Waals surface area contributed by atoms with E-state index in [-0.39, 0.29) is 42.1 Å². The van der Waals surface area contributed by atoms with Gasteiger partial charge in [-0.3, -0.25) is 14.5 Å². The van der Waals surface area contributed by atoms with Gasteiger partial charge >= 0.3 is 0 Å². The van der Waals surface area contributed by atoms with Crippen LogP contribution in [0.2, 0.25) is 5.02 Å². The van der Waals surface area contributed by atoms with Gasteiger partial charge in [-0.2, -0.15) is 8.42 Å². The number of nitrogens with one attached hydrogen (secondary N) is 3. The first-order chi connectivity index (χ1) is 17.7. The van der Waals surface area contributed by atoms with Crippen LogP contribution in [0, 0.1) is 5.82 Å². The van der Waals surface area contributed by atoms with E-state index in [4.69, 9.17) is 23.2 Å². The second-order valence-electron chi connectivity index (χ2n) is 8.74. The quantitative estimate of drug-likeness (QED) is 0.333. The summed E-state index contributed by atoms with van der Waals surface area (Å²) in [6, 6.07) is 10.8. The zero-order chi connectivity index (χ0) is 26.8. The van der Waals surface area contributed by atoms with E-state index in [1.165, 1.54) is 23.1 Å². The molecule has 1 atom stereocenters. The maximum Gasteiger partial charge on any atom is 0.276 e. The van der Waals surface area contributed by atoms with Gasteiger partial charge in [-0.05, 0) is 37.1 Å². The lowest BCUT2D eigenvalue weighted by Gasteiger charge is -2.34. The fraction of sp³-hybridized carbons (Fsp3) is 0.440. The standard InChI is InChI=1S/C25H31Cl2FN4O4S/c26-14-16-30-37(35,36)29-15-13-23(33)32(20-10-6-7-18(28)17-20)24(21-11-4-5-12-22(21)27)25(34)31-19-8-2-1-3-9-19/h4-7,10-12,17,19,24,29-30H,1-3,8-9,13-16H2,(H,31,34). The third-order valence-electron chi connectivity index (χ3n) is 6.03. The van der Waals surface area contributed by atoms with Crippen LogP contribution in [0.1, 0.15) is 50.1 Å². The van der Waals surface area contributed by atoms with Gasteiger partial charge in [-0.1, -0.05) is 55.1 Å². The van der Waals surface area contributed by atoms with Gasteiger partial charge in [-0.15, -0.1) is 11.6 Å². The van der Waals surface area contributed by atoms with E-state index in [1.807, 2.05) is 0 Å². The van der Waals surface area contributed by atoms with Crippen LogP contribution in [0.25, 0.3) is 0 Å². The molecule has 0 bridgehead atoms. The molecule has 37 heavy (non-hydrogen) atoms. The van der Waals surface area contributed by atoms with Crippen LogP contribution >= 0.6 is 23.2 Å². The highest BCUT2D eigenvalue weighted by Crippen LogP contribution is 2.33. The molecule has 1 unspecified atom stereocenters. The summed E-state index contributed by atoms with van der Waals surface area (Å²) < 4.78 is 42.9. The van der Waals surface area contributed by atoms with Gasteiger partial charge in [0.15, 0.2) is 0 Å². The minimum absolute atomic E-state index is 0.0240. The molecule has 1 aliphatic rings. The Morgan fingerprint density at radius 2 is 1.73 bits per heavy atom. The molecule has 202 valence electrons. The van der Waals surface area contributed by atoms with Crippen LogP contribution in [-0.2, 0) is 19.8 Å². The van der Waals surface area contributed by atoms with Crippen LogP contribution in [0.3, 0.4) is 0 Å². The molecule has 3 N–H and O–H groups in total. The first-order valence-corrected chi connectivity index (χ1v) is 14.5. The van der Waals surface area contributed by atoms with Crippen molar-refractivity contribution in [2.45, 2.75) is 50.6 Å². The maximum atomic E-state index is 14.3. The summed E-state index contributed by atoms with van der Waals surface area (Å²) in [4.78, 5) is 28.5. The van der Waals surface area contributed by atoms with Crippen LogP contribution in [0.5, 0.6) is 0 Å². The van der Waals surface area contributed by atoms with E-state index >= 15 is 0 Å². The Balaban J connectivity index is 1.95. The Morgan fingerprint density at radius 3 is 2.41 bits per heavy atom. The molecule has 3 rings (SSSR count). The number of benzene rings is 2. The molecule has 0 aliphatic heterocycles. The lowest BCUT2D eigenvalue weighted by Crippen LogP contribution is -2.48. The van der Waals surface area contributed by atoms with Crippen molar-refractivity contribution in [1.29, 1.82) is 0 Å². The van der Waals surface area contributed by atoms with E-state index in [9.17, 15) is 22.4 Å². The molecule has 8 nitrogen and oxygen atoms in total. The largest absolute Gasteiger partial charge is 0.351 e. The topological polar surface area (TPSA) is 108 Å². The molecule has 0 saturated heterocycles. The summed E-state index contributed by atoms with van der Waals surface area (Å²) in [5.41, 5.74) is 0.524. The van der Waals surface area contributed by atoms with Crippen molar-refractivity contribution in [3.8, 4) is 0 Å². The zero-order valence-electron chi connectivity index (χ0n) is 20.3. The van der Waals surface area contributed by atoms with Crippen LogP contribution < -0.4 is 19.7 Å². The number of hydrogen-bond acceptors (Lipinski definition) is 4. The summed E-state index contributed by atoms with van der Waals surface area (Å²) in [6.45, 7) is -0.224. The van der Waals surface area contributed by atoms with Gasteiger partial charge < -0.3 is 5.32 Å². The molecule has 12 heteroatoms. The molecule has 2 aromatic carbocycles. The molecule has 1 fully saturated rings. The van der Waals surface area contributed by atoms with Gasteiger partial charge in [0.25, 0.3) is 10.2 Å². The number of rotatable bonds is 12. The monoisotopic (exact) mass is 572 g/mol. The van der Waals surface area contributed by atoms with E-state index in [0.29, 0.717) is 5.56 Å². The third-order valence-corrected chi connectivity index (χ3v) is 7.73. The fourth-order valence-electron chi connectivity index (χ4n) is 4.32. The Hall–Kier alpha value is -2.24. The minimum Gasteiger partial charge on any atom is -0.351 e. The second-order valence-corrected chi connectivity index (χ2v) is 11.1. The number of alkyl halides is 1. The van der Waals surface area contributed by atoms with Gasteiger partial charge in [-0.25, -0.2) is 13.8 Å². The van der Waals surface area contributed by atoms with Crippen molar-refractivity contribution >= 4 is 50.9 Å². The average molecular weight is 574 g/mol. The highest BCUT2D eigenvalue weighted by Gasteiger charge is 2.35. The first kappa shape index (κ1) is 29.3. The van der Waals surface area contributed by atoms with Crippen molar-refractivity contribution < 1.29 is 22.4 Å². The number of halogens is 3. The molecule has 2 amide bonds. The van der Waals surface area contributed by atoms with E-state index in [2.05, 4.69) is 14.8 Å². The molecule has 1 aliphatic carbocycles. The van der Waals surface area contributed by atoms with Crippen molar-refractivity contribution in [3.05, 3.63) is 64.9 Å². The van der Waals surface area contributed by atoms with Gasteiger partial charge in [0, 0.05) is 47.7 Å². The lowest BCUT2D eigenvalue weighted by molar-refractivity contribution is -0.127.